The third kappa shape index (κ3) is 10.8. The van der Waals surface area contributed by atoms with Crippen LogP contribution in [0.5, 0.6) is 0 Å². The van der Waals surface area contributed by atoms with E-state index < -0.39 is 0 Å². The van der Waals surface area contributed by atoms with Crippen LogP contribution in [0.3, 0.4) is 0 Å². The quantitative estimate of drug-likeness (QED) is 0.198. The molecule has 7 heteroatoms. The molecule has 0 radical (unpaired) electrons. The fraction of sp³-hybridized carbons (Fsp3) is 0.600. The fourth-order valence-electron chi connectivity index (χ4n) is 0.468. The summed E-state index contributed by atoms with van der Waals surface area (Å²) in [7, 11) is 0. The van der Waals surface area contributed by atoms with E-state index in [9.17, 15) is 0 Å². The molecule has 0 bridgehead atoms. The van der Waals surface area contributed by atoms with Gasteiger partial charge in [0.05, 0.1) is 6.54 Å². The van der Waals surface area contributed by atoms with Crippen molar-refractivity contribution >= 4 is 58.8 Å². The van der Waals surface area contributed by atoms with E-state index in [4.69, 9.17) is 12.2 Å². The number of hydrogen-bond donors (Lipinski definition) is 2. The van der Waals surface area contributed by atoms with Crippen LogP contribution in [0.4, 0.5) is 0 Å². The number of nitrogens with zero attached hydrogens (tertiary/aromatic N) is 1. The summed E-state index contributed by atoms with van der Waals surface area (Å²) in [4.78, 5) is 3.87. The first-order valence-corrected chi connectivity index (χ1v) is 4.57. The molecule has 0 aromatic heterocycles. The molecule has 12 heavy (non-hydrogen) atoms. The smallest absolute Gasteiger partial charge is 0.789 e. The predicted octanol–water partition coefficient (Wildman–Crippen LogP) is 0.627. The number of thiocarbonyl (C=S) groups is 1. The molecule has 0 amide bonds. The van der Waals surface area contributed by atoms with Gasteiger partial charge < -0.3 is 35.6 Å². The topological polar surface area (TPSA) is 24.4 Å². The van der Waals surface area contributed by atoms with E-state index in [2.05, 4.69) is 48.2 Å². The van der Waals surface area contributed by atoms with Crippen LogP contribution < -0.4 is 5.32 Å². The first-order chi connectivity index (χ1) is 5.02. The van der Waals surface area contributed by atoms with Crippen LogP contribution in [-0.2, 0) is 41.7 Å². The molecule has 0 aromatic rings. The van der Waals surface area contributed by atoms with E-state index in [-0.39, 0.29) is 26.9 Å². The Morgan fingerprint density at radius 1 is 1.67 bits per heavy atom. The zero-order chi connectivity index (χ0) is 8.85. The first-order valence-electron chi connectivity index (χ1n) is 2.90. The molecule has 2 nitrogen and oxygen atoms in total. The summed E-state index contributed by atoms with van der Waals surface area (Å²) >= 11 is 17.8. The van der Waals surface area contributed by atoms with Gasteiger partial charge in [-0.3, -0.25) is 0 Å². The van der Waals surface area contributed by atoms with Crippen LogP contribution >= 0.6 is 24.8 Å². The summed E-state index contributed by atoms with van der Waals surface area (Å²) in [6.07, 6.45) is 0. The van der Waals surface area contributed by atoms with Crippen LogP contribution in [0.1, 0.15) is 6.92 Å². The van der Waals surface area contributed by atoms with E-state index in [1.165, 1.54) is 0 Å². The van der Waals surface area contributed by atoms with E-state index in [0.29, 0.717) is 10.9 Å². The summed E-state index contributed by atoms with van der Waals surface area (Å²) < 4.78 is 0.715. The maximum Gasteiger partial charge on any atom is 2.00 e. The average Bonchev–Trinajstić information content (AvgIpc) is 1.82. The molecule has 0 fully saturated rings. The summed E-state index contributed by atoms with van der Waals surface area (Å²) in [5, 5.41) is 2.89. The molecule has 0 aliphatic rings. The monoisotopic (exact) mass is 282 g/mol. The minimum atomic E-state index is 0. The molecule has 0 rings (SSSR count). The Morgan fingerprint density at radius 3 is 2.50 bits per heavy atom. The van der Waals surface area contributed by atoms with E-state index in [1.54, 1.807) is 0 Å². The van der Waals surface area contributed by atoms with Crippen molar-refractivity contribution in [2.24, 2.45) is 4.99 Å². The van der Waals surface area contributed by atoms with Gasteiger partial charge in [0, 0.05) is 6.04 Å². The van der Waals surface area contributed by atoms with Crippen molar-refractivity contribution in [3.8, 4) is 0 Å². The largest absolute Gasteiger partial charge is 2.00 e. The molecule has 0 heterocycles. The number of aliphatic imine (C=N–C) groups is 1. The van der Waals surface area contributed by atoms with Gasteiger partial charge in [-0.2, -0.15) is 0 Å². The number of hydrogen-bond acceptors (Lipinski definition) is 4. The second-order valence-electron chi connectivity index (χ2n) is 1.96. The fourth-order valence-corrected chi connectivity index (χ4v) is 1.04. The van der Waals surface area contributed by atoms with Gasteiger partial charge in [0.2, 0.25) is 0 Å². The normalized spacial score (nSPS) is 10.8. The van der Waals surface area contributed by atoms with Gasteiger partial charge in [0.15, 0.2) is 0 Å². The van der Waals surface area contributed by atoms with Gasteiger partial charge in [-0.05, 0) is 6.92 Å². The molecule has 0 saturated heterocycles. The molecule has 0 spiro atoms. The second-order valence-corrected chi connectivity index (χ2v) is 4.15. The zero-order valence-corrected chi connectivity index (χ0v) is 10.6. The second kappa shape index (κ2) is 8.44. The van der Waals surface area contributed by atoms with Gasteiger partial charge >= 0.3 is 16.5 Å². The summed E-state index contributed by atoms with van der Waals surface area (Å²) in [5.74, 6) is 0. The molecule has 0 saturated carbocycles. The molecule has 1 N–H and O–H groups in total. The van der Waals surface area contributed by atoms with Crippen molar-refractivity contribution < 1.29 is 16.5 Å². The van der Waals surface area contributed by atoms with Crippen LogP contribution in [0.2, 0.25) is 0 Å². The molecule has 0 aliphatic carbocycles. The molecule has 0 aliphatic heterocycles. The predicted molar refractivity (Wildman–Crippen MR) is 61.2 cm³/mol. The molecule has 1 unspecified atom stereocenters. The van der Waals surface area contributed by atoms with Crippen LogP contribution in [0.15, 0.2) is 4.99 Å². The molecular weight excluding hydrogens is 275 g/mol. The molecule has 0 aromatic carbocycles. The van der Waals surface area contributed by atoms with Crippen molar-refractivity contribution in [2.75, 3.05) is 6.54 Å². The maximum absolute atomic E-state index is 4.70. The summed E-state index contributed by atoms with van der Waals surface area (Å²) in [5.41, 5.74) is 0. The number of thiol groups is 1. The van der Waals surface area contributed by atoms with Crippen LogP contribution in [-0.4, -0.2) is 21.3 Å². The Balaban J connectivity index is 0. The Hall–Kier alpha value is 0.844. The van der Waals surface area contributed by atoms with Gasteiger partial charge in [-0.25, -0.2) is 4.38 Å². The van der Waals surface area contributed by atoms with E-state index in [0.717, 1.165) is 0 Å². The van der Waals surface area contributed by atoms with E-state index in [1.807, 2.05) is 6.92 Å². The first kappa shape index (κ1) is 15.3. The molecule has 72 valence electrons. The van der Waals surface area contributed by atoms with E-state index >= 15 is 0 Å². The van der Waals surface area contributed by atoms with Gasteiger partial charge in [0.25, 0.3) is 0 Å². The third-order valence-electron chi connectivity index (χ3n) is 0.864. The Kier molecular flexibility index (Phi) is 10.8. The Labute approximate surface area is 105 Å². The number of nitrogens with one attached hydrogen (secondary N) is 1. The Bertz CT molecular complexity index is 169. The van der Waals surface area contributed by atoms with Crippen molar-refractivity contribution in [3.05, 3.63) is 0 Å². The summed E-state index contributed by atoms with van der Waals surface area (Å²) in [6.45, 7) is 2.47. The van der Waals surface area contributed by atoms with Crippen molar-refractivity contribution in [1.82, 2.24) is 5.32 Å². The maximum atomic E-state index is 4.70. The molecule has 1 atom stereocenters. The van der Waals surface area contributed by atoms with Gasteiger partial charge in [-0.1, -0.05) is 12.2 Å². The van der Waals surface area contributed by atoms with Gasteiger partial charge in [0.1, 0.15) is 4.32 Å². The minimum Gasteiger partial charge on any atom is -0.789 e. The SMILES string of the molecule is CC(CN=C([S-])[S-])NC(=S)S.[Ni+2]. The van der Waals surface area contributed by atoms with Crippen molar-refractivity contribution in [1.29, 1.82) is 0 Å². The summed E-state index contributed by atoms with van der Waals surface area (Å²) in [6, 6.07) is 0.140. The Morgan fingerprint density at radius 2 is 2.17 bits per heavy atom. The zero-order valence-electron chi connectivity index (χ0n) is 6.22. The molecular formula is C5H8N2NiS4. The van der Waals surface area contributed by atoms with Crippen molar-refractivity contribution in [2.45, 2.75) is 13.0 Å². The third-order valence-corrected chi connectivity index (χ3v) is 1.37. The standard InChI is InChI=1S/C5H10N2S4.Ni/c1-3(7-5(10)11)2-6-4(8)9;/h3H,2H2,1H3,(H2,6,8,9)(H2,7,10,11);/q;+2/p-2. The number of rotatable bonds is 3. The van der Waals surface area contributed by atoms with Crippen molar-refractivity contribution in [3.63, 3.8) is 0 Å². The van der Waals surface area contributed by atoms with Crippen LogP contribution in [0, 0.1) is 0 Å². The minimum absolute atomic E-state index is 0. The van der Waals surface area contributed by atoms with Gasteiger partial charge in [-0.15, -0.1) is 12.6 Å². The average molecular weight is 283 g/mol. The van der Waals surface area contributed by atoms with Crippen LogP contribution in [0.25, 0.3) is 0 Å².